The van der Waals surface area contributed by atoms with Crippen molar-refractivity contribution in [2.24, 2.45) is 10.9 Å². The predicted octanol–water partition coefficient (Wildman–Crippen LogP) is 7.55. The predicted molar refractivity (Wildman–Crippen MR) is 148 cm³/mol. The van der Waals surface area contributed by atoms with Gasteiger partial charge in [0.1, 0.15) is 17.5 Å². The number of hydrogen-bond acceptors (Lipinski definition) is 4. The zero-order chi connectivity index (χ0) is 25.7. The van der Waals surface area contributed by atoms with E-state index >= 15 is 0 Å². The van der Waals surface area contributed by atoms with Crippen molar-refractivity contribution < 1.29 is 14.2 Å². The lowest BCUT2D eigenvalue weighted by atomic mass is 9.79. The molecule has 0 aliphatic carbocycles. The number of hydrogen-bond donors (Lipinski definition) is 0. The molecule has 4 aromatic rings. The number of rotatable bonds is 9. The minimum absolute atomic E-state index is 0.0995. The Labute approximate surface area is 219 Å². The molecule has 0 spiro atoms. The molecule has 37 heavy (non-hydrogen) atoms. The Kier molecular flexibility index (Phi) is 7.38. The van der Waals surface area contributed by atoms with Gasteiger partial charge in [0.2, 0.25) is 0 Å². The average Bonchev–Trinajstić information content (AvgIpc) is 2.95. The molecular weight excluding hydrogens is 458 g/mol. The summed E-state index contributed by atoms with van der Waals surface area (Å²) in [5.74, 6) is 1.75. The van der Waals surface area contributed by atoms with E-state index in [2.05, 4.69) is 86.6 Å². The molecule has 1 fully saturated rings. The summed E-state index contributed by atoms with van der Waals surface area (Å²) in [5, 5.41) is 0. The van der Waals surface area contributed by atoms with Crippen LogP contribution in [0.4, 0.5) is 5.69 Å². The zero-order valence-corrected chi connectivity index (χ0v) is 21.6. The van der Waals surface area contributed by atoms with Gasteiger partial charge in [-0.15, -0.1) is 0 Å². The lowest BCUT2D eigenvalue weighted by molar-refractivity contribution is -0.123. The molecule has 0 radical (unpaired) electrons. The fourth-order valence-corrected chi connectivity index (χ4v) is 5.17. The Hall–Kier alpha value is -3.89. The number of nitrogens with zero attached hydrogens (tertiary/aromatic N) is 1. The van der Waals surface area contributed by atoms with Crippen LogP contribution in [-0.2, 0) is 15.1 Å². The minimum atomic E-state index is -0.784. The van der Waals surface area contributed by atoms with Crippen LogP contribution in [0, 0.1) is 5.92 Å². The molecule has 0 amide bonds. The third-order valence-electron chi connectivity index (χ3n) is 7.09. The van der Waals surface area contributed by atoms with E-state index in [4.69, 9.17) is 19.2 Å². The number of methoxy groups -OCH3 is 1. The van der Waals surface area contributed by atoms with Crippen molar-refractivity contribution in [1.82, 2.24) is 0 Å². The summed E-state index contributed by atoms with van der Waals surface area (Å²) in [6.45, 7) is 4.29. The van der Waals surface area contributed by atoms with Gasteiger partial charge in [-0.25, -0.2) is 4.99 Å². The lowest BCUT2D eigenvalue weighted by Crippen LogP contribution is -2.53. The Morgan fingerprint density at radius 1 is 0.757 bits per heavy atom. The molecule has 188 valence electrons. The highest BCUT2D eigenvalue weighted by atomic mass is 16.6. The van der Waals surface area contributed by atoms with Crippen LogP contribution in [0.2, 0.25) is 0 Å². The maximum atomic E-state index is 7.16. The topological polar surface area (TPSA) is 40.0 Å². The minimum Gasteiger partial charge on any atom is -0.497 e. The van der Waals surface area contributed by atoms with Crippen molar-refractivity contribution in [2.75, 3.05) is 7.11 Å². The normalized spacial score (nSPS) is 19.1. The van der Waals surface area contributed by atoms with Gasteiger partial charge in [0.15, 0.2) is 5.90 Å². The van der Waals surface area contributed by atoms with Crippen LogP contribution in [0.25, 0.3) is 0 Å². The fourth-order valence-electron chi connectivity index (χ4n) is 5.17. The van der Waals surface area contributed by atoms with Gasteiger partial charge in [-0.2, -0.15) is 0 Å². The molecule has 1 aliphatic rings. The highest BCUT2D eigenvalue weighted by Gasteiger charge is 2.47. The molecule has 0 bridgehead atoms. The highest BCUT2D eigenvalue weighted by molar-refractivity contribution is 5.86. The van der Waals surface area contributed by atoms with Crippen molar-refractivity contribution in [3.05, 3.63) is 132 Å². The van der Waals surface area contributed by atoms with Crippen LogP contribution >= 0.6 is 0 Å². The molecule has 1 heterocycles. The van der Waals surface area contributed by atoms with Crippen LogP contribution in [-0.4, -0.2) is 25.2 Å². The van der Waals surface area contributed by atoms with Gasteiger partial charge in [-0.3, -0.25) is 0 Å². The summed E-state index contributed by atoms with van der Waals surface area (Å²) >= 11 is 0. The Bertz CT molecular complexity index is 1210. The molecule has 1 saturated heterocycles. The molecule has 0 N–H and O–H groups in total. The smallest absolute Gasteiger partial charge is 0.195 e. The van der Waals surface area contributed by atoms with Crippen LogP contribution in [0.3, 0.4) is 0 Å². The van der Waals surface area contributed by atoms with E-state index in [1.807, 2.05) is 42.5 Å². The van der Waals surface area contributed by atoms with Gasteiger partial charge in [-0.1, -0.05) is 97.9 Å². The van der Waals surface area contributed by atoms with E-state index < -0.39 is 5.60 Å². The van der Waals surface area contributed by atoms with E-state index in [0.29, 0.717) is 0 Å². The van der Waals surface area contributed by atoms with Crippen LogP contribution in [0.1, 0.15) is 37.0 Å². The standard InChI is InChI=1S/C33H33NO3/c1-4-30-31(36-32(30)34-28-20-22-29(35-3)23-21-28)24(2)37-33(25-14-8-5-9-15-25,26-16-10-6-11-17-26)27-18-12-7-13-19-27/h5-24,30-31H,4H2,1-3H3/t24-,30-,31-/m0/s1. The second kappa shape index (κ2) is 11.0. The molecule has 4 heteroatoms. The van der Waals surface area contributed by atoms with Crippen LogP contribution in [0.15, 0.2) is 120 Å². The molecule has 0 saturated carbocycles. The summed E-state index contributed by atoms with van der Waals surface area (Å²) in [4.78, 5) is 4.78. The van der Waals surface area contributed by atoms with Crippen molar-refractivity contribution >= 4 is 11.6 Å². The first-order valence-electron chi connectivity index (χ1n) is 12.9. The number of benzene rings is 4. The first-order chi connectivity index (χ1) is 18.2. The maximum Gasteiger partial charge on any atom is 0.195 e. The van der Waals surface area contributed by atoms with Gasteiger partial charge in [0, 0.05) is 0 Å². The summed E-state index contributed by atoms with van der Waals surface area (Å²) in [7, 11) is 1.66. The van der Waals surface area contributed by atoms with Gasteiger partial charge < -0.3 is 14.2 Å². The van der Waals surface area contributed by atoms with E-state index in [-0.39, 0.29) is 18.1 Å². The first-order valence-corrected chi connectivity index (χ1v) is 12.9. The lowest BCUT2D eigenvalue weighted by Gasteiger charge is -2.45. The van der Waals surface area contributed by atoms with E-state index in [1.54, 1.807) is 7.11 Å². The van der Waals surface area contributed by atoms with Crippen LogP contribution < -0.4 is 4.74 Å². The Morgan fingerprint density at radius 3 is 1.68 bits per heavy atom. The van der Waals surface area contributed by atoms with Crippen molar-refractivity contribution in [3.63, 3.8) is 0 Å². The molecule has 3 atom stereocenters. The van der Waals surface area contributed by atoms with Gasteiger partial charge >= 0.3 is 0 Å². The van der Waals surface area contributed by atoms with Crippen molar-refractivity contribution in [3.8, 4) is 5.75 Å². The summed E-state index contributed by atoms with van der Waals surface area (Å²) in [5.41, 5.74) is 3.32. The average molecular weight is 492 g/mol. The highest BCUT2D eigenvalue weighted by Crippen LogP contribution is 2.44. The van der Waals surface area contributed by atoms with E-state index in [0.717, 1.165) is 40.4 Å². The molecule has 4 nitrogen and oxygen atoms in total. The number of aliphatic imine (C=N–C) groups is 1. The molecule has 0 unspecified atom stereocenters. The molecular formula is C33H33NO3. The summed E-state index contributed by atoms with van der Waals surface area (Å²) in [6, 6.07) is 39.1. The van der Waals surface area contributed by atoms with Crippen LogP contribution in [0.5, 0.6) is 5.75 Å². The first kappa shape index (κ1) is 24.8. The largest absolute Gasteiger partial charge is 0.497 e. The van der Waals surface area contributed by atoms with E-state index in [1.165, 1.54) is 0 Å². The second-order valence-electron chi connectivity index (χ2n) is 9.35. The Balaban J connectivity index is 1.49. The molecule has 4 aromatic carbocycles. The number of ether oxygens (including phenoxy) is 3. The SMILES string of the molecule is CC[C@@H]1C(=Nc2ccc(OC)cc2)O[C@H]1[C@H](C)OC(c1ccccc1)(c1ccccc1)c1ccccc1. The van der Waals surface area contributed by atoms with Gasteiger partial charge in [0.05, 0.1) is 24.8 Å². The van der Waals surface area contributed by atoms with Crippen molar-refractivity contribution in [2.45, 2.75) is 38.1 Å². The Morgan fingerprint density at radius 2 is 1.24 bits per heavy atom. The summed E-state index contributed by atoms with van der Waals surface area (Å²) < 4.78 is 18.7. The maximum absolute atomic E-state index is 7.16. The molecule has 5 rings (SSSR count). The molecule has 0 aromatic heterocycles. The monoisotopic (exact) mass is 491 g/mol. The zero-order valence-electron chi connectivity index (χ0n) is 21.6. The van der Waals surface area contributed by atoms with E-state index in [9.17, 15) is 0 Å². The quantitative estimate of drug-likeness (QED) is 0.227. The fraction of sp³-hybridized carbons (Fsp3) is 0.242. The van der Waals surface area contributed by atoms with Crippen molar-refractivity contribution in [1.29, 1.82) is 0 Å². The van der Waals surface area contributed by atoms with Gasteiger partial charge in [0.25, 0.3) is 0 Å². The third kappa shape index (κ3) is 4.90. The third-order valence-corrected chi connectivity index (χ3v) is 7.09. The van der Waals surface area contributed by atoms with Gasteiger partial charge in [-0.05, 0) is 54.3 Å². The second-order valence-corrected chi connectivity index (χ2v) is 9.35. The molecule has 1 aliphatic heterocycles. The summed E-state index contributed by atoms with van der Waals surface area (Å²) in [6.07, 6.45) is 0.625.